The molecule has 4 heteroatoms. The standard InChI is InChI=1S/C50H43N3Si/c1-36-34-51-47(32-45(36)38-20-10-6-11-21-38)40-24-16-26-42(30-40)53(49-29-15-14-28-44(49)37-18-8-5-9-19-37)43-27-17-25-41(31-43)48-33-46(39-22-12-7-13-23-39)50(35-52-48)54(2,3)4/h5-35H,1-4H3. The van der Waals surface area contributed by atoms with E-state index in [1.165, 1.54) is 27.4 Å². The quantitative estimate of drug-likeness (QED) is 0.139. The van der Waals surface area contributed by atoms with Crippen LogP contribution in [0.1, 0.15) is 5.56 Å². The van der Waals surface area contributed by atoms with E-state index in [9.17, 15) is 0 Å². The first-order valence-corrected chi connectivity index (χ1v) is 22.1. The molecule has 0 bridgehead atoms. The van der Waals surface area contributed by atoms with E-state index in [-0.39, 0.29) is 0 Å². The van der Waals surface area contributed by atoms with E-state index in [2.05, 4.69) is 214 Å². The van der Waals surface area contributed by atoms with Crippen molar-refractivity contribution in [3.63, 3.8) is 0 Å². The van der Waals surface area contributed by atoms with Gasteiger partial charge in [0, 0.05) is 40.5 Å². The van der Waals surface area contributed by atoms with E-state index in [1.54, 1.807) is 0 Å². The maximum absolute atomic E-state index is 5.11. The third kappa shape index (κ3) is 7.17. The van der Waals surface area contributed by atoms with Crippen molar-refractivity contribution in [1.29, 1.82) is 0 Å². The van der Waals surface area contributed by atoms with Crippen molar-refractivity contribution in [2.75, 3.05) is 4.90 Å². The van der Waals surface area contributed by atoms with Gasteiger partial charge in [-0.25, -0.2) is 0 Å². The Morgan fingerprint density at radius 3 is 1.41 bits per heavy atom. The molecule has 3 nitrogen and oxygen atoms in total. The molecule has 2 aromatic heterocycles. The molecule has 8 aromatic rings. The Bertz CT molecular complexity index is 2540. The summed E-state index contributed by atoms with van der Waals surface area (Å²) in [5.41, 5.74) is 15.5. The van der Waals surface area contributed by atoms with Gasteiger partial charge in [-0.1, -0.05) is 153 Å². The topological polar surface area (TPSA) is 29.0 Å². The van der Waals surface area contributed by atoms with Crippen molar-refractivity contribution >= 4 is 30.3 Å². The van der Waals surface area contributed by atoms with Gasteiger partial charge in [0.2, 0.25) is 0 Å². The molecule has 6 aromatic carbocycles. The minimum Gasteiger partial charge on any atom is -0.310 e. The highest BCUT2D eigenvalue weighted by Gasteiger charge is 2.23. The summed E-state index contributed by atoms with van der Waals surface area (Å²) in [6, 6.07) is 62.6. The fraction of sp³-hybridized carbons (Fsp3) is 0.0800. The van der Waals surface area contributed by atoms with Gasteiger partial charge in [-0.3, -0.25) is 9.97 Å². The lowest BCUT2D eigenvalue weighted by atomic mass is 9.98. The van der Waals surface area contributed by atoms with Crippen LogP contribution in [0.2, 0.25) is 19.6 Å². The molecule has 54 heavy (non-hydrogen) atoms. The van der Waals surface area contributed by atoms with Gasteiger partial charge in [-0.2, -0.15) is 0 Å². The summed E-state index contributed by atoms with van der Waals surface area (Å²) in [4.78, 5) is 12.4. The summed E-state index contributed by atoms with van der Waals surface area (Å²) < 4.78 is 0. The lowest BCUT2D eigenvalue weighted by Gasteiger charge is -2.29. The first-order valence-electron chi connectivity index (χ1n) is 18.6. The molecule has 0 aliphatic rings. The van der Waals surface area contributed by atoms with Gasteiger partial charge in [-0.15, -0.1) is 0 Å². The van der Waals surface area contributed by atoms with Gasteiger partial charge in [0.15, 0.2) is 0 Å². The highest BCUT2D eigenvalue weighted by atomic mass is 28.3. The normalized spacial score (nSPS) is 11.3. The molecule has 0 saturated carbocycles. The van der Waals surface area contributed by atoms with Crippen molar-refractivity contribution in [1.82, 2.24) is 9.97 Å². The van der Waals surface area contributed by atoms with Gasteiger partial charge in [0.1, 0.15) is 0 Å². The zero-order valence-corrected chi connectivity index (χ0v) is 32.2. The number of rotatable bonds is 9. The summed E-state index contributed by atoms with van der Waals surface area (Å²) in [5.74, 6) is 0. The number of aromatic nitrogens is 2. The largest absolute Gasteiger partial charge is 0.310 e. The Morgan fingerprint density at radius 2 is 0.852 bits per heavy atom. The fourth-order valence-corrected chi connectivity index (χ4v) is 8.72. The van der Waals surface area contributed by atoms with Gasteiger partial charge in [0.25, 0.3) is 0 Å². The molecule has 0 unspecified atom stereocenters. The Morgan fingerprint density at radius 1 is 0.407 bits per heavy atom. The summed E-state index contributed by atoms with van der Waals surface area (Å²) >= 11 is 0. The second kappa shape index (κ2) is 14.9. The van der Waals surface area contributed by atoms with Crippen LogP contribution in [0.25, 0.3) is 55.9 Å². The third-order valence-corrected chi connectivity index (χ3v) is 12.0. The smallest absolute Gasteiger partial charge is 0.0804 e. The maximum Gasteiger partial charge on any atom is 0.0804 e. The van der Waals surface area contributed by atoms with Crippen LogP contribution in [0, 0.1) is 6.92 Å². The number of hydrogen-bond acceptors (Lipinski definition) is 3. The molecule has 0 atom stereocenters. The molecule has 262 valence electrons. The predicted molar refractivity (Wildman–Crippen MR) is 232 cm³/mol. The van der Waals surface area contributed by atoms with Crippen LogP contribution < -0.4 is 10.1 Å². The van der Waals surface area contributed by atoms with Gasteiger partial charge in [0.05, 0.1) is 25.1 Å². The lowest BCUT2D eigenvalue weighted by molar-refractivity contribution is 1.25. The molecular formula is C50H43N3Si. The Balaban J connectivity index is 1.29. The molecule has 8 rings (SSSR count). The average molecular weight is 714 g/mol. The number of nitrogens with zero attached hydrogens (tertiary/aromatic N) is 3. The van der Waals surface area contributed by atoms with E-state index in [0.717, 1.165) is 56.3 Å². The summed E-state index contributed by atoms with van der Waals surface area (Å²) in [6.07, 6.45) is 4.11. The predicted octanol–water partition coefficient (Wildman–Crippen LogP) is 13.1. The third-order valence-electron chi connectivity index (χ3n) is 10.0. The van der Waals surface area contributed by atoms with Crippen LogP contribution in [0.5, 0.6) is 0 Å². The number of benzene rings is 6. The van der Waals surface area contributed by atoms with Crippen molar-refractivity contribution in [2.24, 2.45) is 0 Å². The van der Waals surface area contributed by atoms with E-state index in [0.29, 0.717) is 0 Å². The van der Waals surface area contributed by atoms with Gasteiger partial charge in [-0.05, 0) is 88.0 Å². The van der Waals surface area contributed by atoms with E-state index in [1.807, 2.05) is 6.20 Å². The lowest BCUT2D eigenvalue weighted by Crippen LogP contribution is -2.39. The monoisotopic (exact) mass is 713 g/mol. The van der Waals surface area contributed by atoms with Crippen molar-refractivity contribution in [3.8, 4) is 55.9 Å². The van der Waals surface area contributed by atoms with Crippen LogP contribution in [0.15, 0.2) is 188 Å². The SMILES string of the molecule is Cc1cnc(-c2cccc(N(c3cccc(-c4cc(-c5ccccc5)c([Si](C)(C)C)cn4)c3)c3ccccc3-c3ccccc3)c2)cc1-c1ccccc1. The van der Waals surface area contributed by atoms with Crippen molar-refractivity contribution < 1.29 is 0 Å². The summed E-state index contributed by atoms with van der Waals surface area (Å²) in [6.45, 7) is 9.30. The van der Waals surface area contributed by atoms with Crippen LogP contribution >= 0.6 is 0 Å². The number of pyridine rings is 2. The van der Waals surface area contributed by atoms with Gasteiger partial charge >= 0.3 is 0 Å². The summed E-state index contributed by atoms with van der Waals surface area (Å²) in [7, 11) is -1.68. The number of para-hydroxylation sites is 1. The second-order valence-corrected chi connectivity index (χ2v) is 19.8. The van der Waals surface area contributed by atoms with Gasteiger partial charge < -0.3 is 4.90 Å². The molecule has 0 aliphatic heterocycles. The molecule has 0 aliphatic carbocycles. The maximum atomic E-state index is 5.11. The molecule has 0 spiro atoms. The molecule has 0 N–H and O–H groups in total. The first-order chi connectivity index (χ1) is 26.3. The molecular weight excluding hydrogens is 671 g/mol. The van der Waals surface area contributed by atoms with E-state index < -0.39 is 8.07 Å². The molecule has 0 radical (unpaired) electrons. The van der Waals surface area contributed by atoms with E-state index in [4.69, 9.17) is 9.97 Å². The molecule has 0 saturated heterocycles. The fourth-order valence-electron chi connectivity index (χ4n) is 7.24. The van der Waals surface area contributed by atoms with Crippen molar-refractivity contribution in [3.05, 3.63) is 194 Å². The Kier molecular flexibility index (Phi) is 9.60. The molecule has 0 fully saturated rings. The molecule has 0 amide bonds. The van der Waals surface area contributed by atoms with E-state index >= 15 is 0 Å². The number of hydrogen-bond donors (Lipinski definition) is 0. The first kappa shape index (κ1) is 34.7. The minimum atomic E-state index is -1.68. The highest BCUT2D eigenvalue weighted by Crippen LogP contribution is 2.43. The van der Waals surface area contributed by atoms with Crippen LogP contribution in [-0.4, -0.2) is 18.0 Å². The number of anilines is 3. The van der Waals surface area contributed by atoms with Crippen molar-refractivity contribution in [2.45, 2.75) is 26.6 Å². The Labute approximate surface area is 320 Å². The molecule has 2 heterocycles. The Hall–Kier alpha value is -6.36. The summed E-state index contributed by atoms with van der Waals surface area (Å²) in [5, 5.41) is 1.36. The van der Waals surface area contributed by atoms with Crippen LogP contribution in [0.4, 0.5) is 17.1 Å². The average Bonchev–Trinajstić information content (AvgIpc) is 3.22. The number of aryl methyl sites for hydroxylation is 1. The highest BCUT2D eigenvalue weighted by molar-refractivity contribution is 6.89. The van der Waals surface area contributed by atoms with Crippen LogP contribution in [-0.2, 0) is 0 Å². The van der Waals surface area contributed by atoms with Crippen LogP contribution in [0.3, 0.4) is 0 Å². The zero-order valence-electron chi connectivity index (χ0n) is 31.2. The minimum absolute atomic E-state index is 0.937. The second-order valence-electron chi connectivity index (χ2n) is 14.8. The zero-order chi connectivity index (χ0) is 37.1.